The Labute approximate surface area is 277 Å². The molecule has 0 radical (unpaired) electrons. The summed E-state index contributed by atoms with van der Waals surface area (Å²) in [7, 11) is 0. The van der Waals surface area contributed by atoms with E-state index >= 15 is 0 Å². The number of esters is 2. The van der Waals surface area contributed by atoms with E-state index in [9.17, 15) is 19.8 Å². The lowest BCUT2D eigenvalue weighted by Crippen LogP contribution is -2.28. The van der Waals surface area contributed by atoms with Crippen molar-refractivity contribution in [3.8, 4) is 0 Å². The summed E-state index contributed by atoms with van der Waals surface area (Å²) in [6, 6.07) is 0. The Hall–Kier alpha value is -1.92. The van der Waals surface area contributed by atoms with E-state index in [0.29, 0.717) is 6.42 Å². The first-order chi connectivity index (χ1) is 22.0. The van der Waals surface area contributed by atoms with Crippen LogP contribution < -0.4 is 0 Å². The highest BCUT2D eigenvalue weighted by Crippen LogP contribution is 2.14. The summed E-state index contributed by atoms with van der Waals surface area (Å²) in [5.74, 6) is -0.664. The molecule has 0 heterocycles. The predicted octanol–water partition coefficient (Wildman–Crippen LogP) is 10.3. The van der Waals surface area contributed by atoms with Crippen molar-refractivity contribution in [1.29, 1.82) is 0 Å². The second kappa shape index (κ2) is 34.9. The van der Waals surface area contributed by atoms with Crippen molar-refractivity contribution >= 4 is 11.9 Å². The van der Waals surface area contributed by atoms with Crippen molar-refractivity contribution < 1.29 is 29.3 Å². The molecule has 1 unspecified atom stereocenters. The first-order valence-electron chi connectivity index (χ1n) is 18.7. The number of hydrogen-bond donors (Lipinski definition) is 2. The minimum absolute atomic E-state index is 0.0950. The molecule has 2 N–H and O–H groups in total. The minimum Gasteiger partial charge on any atom is -0.462 e. The highest BCUT2D eigenvalue weighted by Gasteiger charge is 2.16. The molecule has 0 aromatic carbocycles. The molecule has 2 atom stereocenters. The van der Waals surface area contributed by atoms with Crippen LogP contribution in [0.3, 0.4) is 0 Å². The number of ether oxygens (including phenoxy) is 2. The third-order valence-corrected chi connectivity index (χ3v) is 8.05. The lowest BCUT2D eigenvalue weighted by atomic mass is 10.0. The van der Waals surface area contributed by atoms with Gasteiger partial charge in [-0.25, -0.2) is 0 Å². The SMILES string of the molecule is CC/C=C/C/C=C/C=C/C(O)CCCCCCCC(=O)O[C@@H](CO)COC(=O)CCCCCCCCCCCCCCCCC. The molecule has 0 bridgehead atoms. The van der Waals surface area contributed by atoms with Gasteiger partial charge in [0.2, 0.25) is 0 Å². The van der Waals surface area contributed by atoms with Crippen LogP contribution in [0.15, 0.2) is 36.5 Å². The number of hydrogen-bond acceptors (Lipinski definition) is 6. The molecule has 0 fully saturated rings. The third kappa shape index (κ3) is 33.3. The topological polar surface area (TPSA) is 93.1 Å². The van der Waals surface area contributed by atoms with Gasteiger partial charge in [0.1, 0.15) is 6.61 Å². The Kier molecular flexibility index (Phi) is 33.5. The highest BCUT2D eigenvalue weighted by atomic mass is 16.6. The van der Waals surface area contributed by atoms with E-state index in [1.807, 2.05) is 18.2 Å². The van der Waals surface area contributed by atoms with Crippen molar-refractivity contribution in [3.05, 3.63) is 36.5 Å². The van der Waals surface area contributed by atoms with Gasteiger partial charge < -0.3 is 19.7 Å². The van der Waals surface area contributed by atoms with Gasteiger partial charge in [-0.15, -0.1) is 0 Å². The average Bonchev–Trinajstić information content (AvgIpc) is 3.03. The fourth-order valence-corrected chi connectivity index (χ4v) is 5.21. The normalized spacial score (nSPS) is 13.2. The molecule has 0 aliphatic rings. The van der Waals surface area contributed by atoms with E-state index in [-0.39, 0.29) is 31.6 Å². The summed E-state index contributed by atoms with van der Waals surface area (Å²) < 4.78 is 10.5. The van der Waals surface area contributed by atoms with E-state index in [0.717, 1.165) is 70.6 Å². The van der Waals surface area contributed by atoms with Crippen LogP contribution in [0.25, 0.3) is 0 Å². The van der Waals surface area contributed by atoms with Crippen LogP contribution in [0.1, 0.15) is 174 Å². The zero-order valence-electron chi connectivity index (χ0n) is 29.2. The maximum Gasteiger partial charge on any atom is 0.306 e. The van der Waals surface area contributed by atoms with Gasteiger partial charge in [0, 0.05) is 12.8 Å². The summed E-state index contributed by atoms with van der Waals surface area (Å²) >= 11 is 0. The molecular weight excluding hydrogens is 564 g/mol. The minimum atomic E-state index is -0.806. The predicted molar refractivity (Wildman–Crippen MR) is 188 cm³/mol. The van der Waals surface area contributed by atoms with Crippen molar-refractivity contribution in [2.45, 2.75) is 187 Å². The van der Waals surface area contributed by atoms with Crippen molar-refractivity contribution in [1.82, 2.24) is 0 Å². The van der Waals surface area contributed by atoms with Crippen LogP contribution in [0.5, 0.6) is 0 Å². The first-order valence-corrected chi connectivity index (χ1v) is 18.7. The first kappa shape index (κ1) is 43.1. The summed E-state index contributed by atoms with van der Waals surface area (Å²) in [6.45, 7) is 3.92. The third-order valence-electron chi connectivity index (χ3n) is 8.05. The molecule has 6 heteroatoms. The number of aliphatic hydroxyl groups excluding tert-OH is 2. The largest absolute Gasteiger partial charge is 0.462 e. The Morgan fingerprint density at radius 2 is 1.13 bits per heavy atom. The standard InChI is InChI=1S/C39H70O6/c1-3-5-7-9-11-12-13-14-15-16-17-18-20-24-28-32-38(42)44-35-37(34-40)45-39(43)33-29-25-21-23-27-31-36(41)30-26-22-19-10-8-6-4-2/h6,8,19,22,26,30,36-37,40-41H,3-5,7,9-18,20-21,23-25,27-29,31-35H2,1-2H3/b8-6+,22-19+,30-26+/t36?,37-/m0/s1. The fourth-order valence-electron chi connectivity index (χ4n) is 5.21. The van der Waals surface area contributed by atoms with Gasteiger partial charge in [-0.05, 0) is 32.1 Å². The number of carbonyl (C=O) groups excluding carboxylic acids is 2. The Balaban J connectivity index is 3.65. The van der Waals surface area contributed by atoms with Gasteiger partial charge in [-0.2, -0.15) is 0 Å². The summed E-state index contributed by atoms with van der Waals surface area (Å²) in [6.07, 6.45) is 37.9. The van der Waals surface area contributed by atoms with Crippen LogP contribution in [0, 0.1) is 0 Å². The quantitative estimate of drug-likeness (QED) is 0.0323. The summed E-state index contributed by atoms with van der Waals surface area (Å²) in [5.41, 5.74) is 0. The molecule has 0 rings (SSSR count). The number of carbonyl (C=O) groups is 2. The number of rotatable bonds is 33. The van der Waals surface area contributed by atoms with Gasteiger partial charge in [0.25, 0.3) is 0 Å². The van der Waals surface area contributed by atoms with Crippen LogP contribution in [-0.4, -0.2) is 47.6 Å². The molecule has 262 valence electrons. The van der Waals surface area contributed by atoms with Crippen molar-refractivity contribution in [3.63, 3.8) is 0 Å². The Morgan fingerprint density at radius 1 is 0.622 bits per heavy atom. The van der Waals surface area contributed by atoms with Gasteiger partial charge in [0.15, 0.2) is 6.10 Å². The molecule has 0 amide bonds. The summed E-state index contributed by atoms with van der Waals surface area (Å²) in [5, 5.41) is 19.6. The van der Waals surface area contributed by atoms with E-state index < -0.39 is 12.2 Å². The van der Waals surface area contributed by atoms with Gasteiger partial charge in [-0.1, -0.05) is 166 Å². The average molecular weight is 635 g/mol. The van der Waals surface area contributed by atoms with E-state index in [2.05, 4.69) is 32.1 Å². The molecule has 0 aromatic heterocycles. The zero-order valence-corrected chi connectivity index (χ0v) is 29.2. The van der Waals surface area contributed by atoms with Crippen LogP contribution in [0.4, 0.5) is 0 Å². The highest BCUT2D eigenvalue weighted by molar-refractivity contribution is 5.70. The zero-order chi connectivity index (χ0) is 33.1. The molecule has 0 spiro atoms. The summed E-state index contributed by atoms with van der Waals surface area (Å²) in [4.78, 5) is 24.2. The number of aliphatic hydroxyl groups is 2. The van der Waals surface area contributed by atoms with Gasteiger partial charge in [0.05, 0.1) is 12.7 Å². The molecule has 0 saturated heterocycles. The molecule has 0 saturated carbocycles. The lowest BCUT2D eigenvalue weighted by molar-refractivity contribution is -0.161. The van der Waals surface area contributed by atoms with Crippen LogP contribution >= 0.6 is 0 Å². The van der Waals surface area contributed by atoms with Crippen molar-refractivity contribution in [2.75, 3.05) is 13.2 Å². The van der Waals surface area contributed by atoms with Crippen molar-refractivity contribution in [2.24, 2.45) is 0 Å². The maximum absolute atomic E-state index is 12.1. The molecular formula is C39H70O6. The smallest absolute Gasteiger partial charge is 0.306 e. The van der Waals surface area contributed by atoms with Crippen LogP contribution in [0.2, 0.25) is 0 Å². The second-order valence-corrected chi connectivity index (χ2v) is 12.5. The maximum atomic E-state index is 12.1. The number of unbranched alkanes of at least 4 members (excludes halogenated alkanes) is 18. The Morgan fingerprint density at radius 3 is 1.67 bits per heavy atom. The monoisotopic (exact) mass is 635 g/mol. The van der Waals surface area contributed by atoms with E-state index in [1.165, 1.54) is 77.0 Å². The fraction of sp³-hybridized carbons (Fsp3) is 0.795. The number of allylic oxidation sites excluding steroid dienone is 5. The van der Waals surface area contributed by atoms with E-state index in [4.69, 9.17) is 9.47 Å². The van der Waals surface area contributed by atoms with Gasteiger partial charge in [-0.3, -0.25) is 9.59 Å². The molecule has 0 aromatic rings. The van der Waals surface area contributed by atoms with Crippen LogP contribution in [-0.2, 0) is 19.1 Å². The second-order valence-electron chi connectivity index (χ2n) is 12.5. The van der Waals surface area contributed by atoms with Gasteiger partial charge >= 0.3 is 11.9 Å². The van der Waals surface area contributed by atoms with E-state index in [1.54, 1.807) is 0 Å². The molecule has 45 heavy (non-hydrogen) atoms. The molecule has 0 aliphatic carbocycles. The lowest BCUT2D eigenvalue weighted by Gasteiger charge is -2.15. The molecule has 6 nitrogen and oxygen atoms in total. The molecule has 0 aliphatic heterocycles. The Bertz CT molecular complexity index is 744.